The summed E-state index contributed by atoms with van der Waals surface area (Å²) < 4.78 is 2.21. The van der Waals surface area contributed by atoms with E-state index in [0.29, 0.717) is 6.42 Å². The SMILES string of the molecule is CCCSCc1[nH]cc[n+]1CCCC#N. The van der Waals surface area contributed by atoms with E-state index >= 15 is 0 Å². The summed E-state index contributed by atoms with van der Waals surface area (Å²) in [4.78, 5) is 3.25. The zero-order valence-corrected chi connectivity index (χ0v) is 10.0. The normalized spacial score (nSPS) is 10.1. The van der Waals surface area contributed by atoms with Gasteiger partial charge in [-0.1, -0.05) is 6.92 Å². The van der Waals surface area contributed by atoms with Crippen LogP contribution in [0.2, 0.25) is 0 Å². The number of hydrogen-bond donors (Lipinski definition) is 1. The van der Waals surface area contributed by atoms with E-state index in [1.54, 1.807) is 0 Å². The maximum absolute atomic E-state index is 8.47. The number of nitriles is 1. The van der Waals surface area contributed by atoms with Crippen LogP contribution in [-0.2, 0) is 12.3 Å². The van der Waals surface area contributed by atoms with Crippen LogP contribution in [0.1, 0.15) is 32.0 Å². The van der Waals surface area contributed by atoms with E-state index in [4.69, 9.17) is 5.26 Å². The largest absolute Gasteiger partial charge is 0.264 e. The van der Waals surface area contributed by atoms with Gasteiger partial charge in [0.2, 0.25) is 0 Å². The van der Waals surface area contributed by atoms with Gasteiger partial charge in [-0.2, -0.15) is 5.26 Å². The number of aromatic nitrogens is 2. The zero-order valence-electron chi connectivity index (χ0n) is 9.20. The Labute approximate surface area is 95.5 Å². The van der Waals surface area contributed by atoms with Crippen LogP contribution in [0.15, 0.2) is 12.4 Å². The van der Waals surface area contributed by atoms with E-state index in [1.165, 1.54) is 18.0 Å². The van der Waals surface area contributed by atoms with Crippen LogP contribution in [0.25, 0.3) is 0 Å². The van der Waals surface area contributed by atoms with Gasteiger partial charge in [-0.3, -0.25) is 0 Å². The van der Waals surface area contributed by atoms with Crippen molar-refractivity contribution in [2.24, 2.45) is 0 Å². The van der Waals surface area contributed by atoms with Crippen LogP contribution in [0, 0.1) is 11.3 Å². The van der Waals surface area contributed by atoms with Crippen LogP contribution >= 0.6 is 11.8 Å². The molecule has 15 heavy (non-hydrogen) atoms. The lowest BCUT2D eigenvalue weighted by atomic mass is 10.3. The number of hydrogen-bond acceptors (Lipinski definition) is 2. The van der Waals surface area contributed by atoms with Crippen molar-refractivity contribution >= 4 is 11.8 Å². The number of aryl methyl sites for hydroxylation is 1. The predicted molar refractivity (Wildman–Crippen MR) is 62.3 cm³/mol. The van der Waals surface area contributed by atoms with E-state index < -0.39 is 0 Å². The van der Waals surface area contributed by atoms with Gasteiger partial charge < -0.3 is 0 Å². The number of rotatable bonds is 7. The molecule has 0 spiro atoms. The fraction of sp³-hybridized carbons (Fsp3) is 0.636. The molecule has 0 aliphatic carbocycles. The smallest absolute Gasteiger partial charge is 0.247 e. The van der Waals surface area contributed by atoms with Gasteiger partial charge in [-0.25, -0.2) is 9.55 Å². The molecule has 1 heterocycles. The summed E-state index contributed by atoms with van der Waals surface area (Å²) in [5.41, 5.74) is 0. The van der Waals surface area contributed by atoms with E-state index in [2.05, 4.69) is 28.7 Å². The summed E-state index contributed by atoms with van der Waals surface area (Å²) in [6, 6.07) is 2.17. The number of nitrogens with zero attached hydrogens (tertiary/aromatic N) is 2. The molecule has 1 aromatic rings. The number of unbranched alkanes of at least 4 members (excludes halogenated alkanes) is 1. The minimum absolute atomic E-state index is 0.639. The van der Waals surface area contributed by atoms with E-state index in [0.717, 1.165) is 18.7 Å². The topological polar surface area (TPSA) is 43.5 Å². The number of H-pyrrole nitrogens is 1. The van der Waals surface area contributed by atoms with Crippen molar-refractivity contribution in [1.29, 1.82) is 5.26 Å². The Bertz CT molecular complexity index is 314. The second kappa shape index (κ2) is 7.36. The third-order valence-corrected chi connectivity index (χ3v) is 3.30. The first kappa shape index (κ1) is 12.1. The number of thioether (sulfide) groups is 1. The molecule has 0 radical (unpaired) electrons. The number of nitrogens with one attached hydrogen (secondary N) is 1. The second-order valence-corrected chi connectivity index (χ2v) is 4.52. The van der Waals surface area contributed by atoms with Crippen molar-refractivity contribution in [1.82, 2.24) is 4.98 Å². The molecular weight excluding hydrogens is 206 g/mol. The van der Waals surface area contributed by atoms with Gasteiger partial charge in [0.1, 0.15) is 12.4 Å². The Morgan fingerprint density at radius 3 is 3.20 bits per heavy atom. The molecule has 0 saturated carbocycles. The number of imidazole rings is 1. The predicted octanol–water partition coefficient (Wildman–Crippen LogP) is 2.25. The Morgan fingerprint density at radius 1 is 1.60 bits per heavy atom. The van der Waals surface area contributed by atoms with E-state index in [1.807, 2.05) is 18.0 Å². The minimum atomic E-state index is 0.639. The highest BCUT2D eigenvalue weighted by molar-refractivity contribution is 7.98. The fourth-order valence-corrected chi connectivity index (χ4v) is 2.25. The summed E-state index contributed by atoms with van der Waals surface area (Å²) >= 11 is 1.95. The lowest BCUT2D eigenvalue weighted by Gasteiger charge is -1.99. The molecule has 4 heteroatoms. The lowest BCUT2D eigenvalue weighted by molar-refractivity contribution is -0.702. The average Bonchev–Trinajstić information content (AvgIpc) is 2.67. The summed E-state index contributed by atoms with van der Waals surface area (Å²) in [6.07, 6.45) is 6.82. The Morgan fingerprint density at radius 2 is 2.47 bits per heavy atom. The summed E-state index contributed by atoms with van der Waals surface area (Å²) in [5, 5.41) is 8.47. The molecule has 1 N–H and O–H groups in total. The van der Waals surface area contributed by atoms with Crippen molar-refractivity contribution in [2.75, 3.05) is 5.75 Å². The van der Waals surface area contributed by atoms with Crippen molar-refractivity contribution in [3.63, 3.8) is 0 Å². The third-order valence-electron chi connectivity index (χ3n) is 2.13. The summed E-state index contributed by atoms with van der Waals surface area (Å²) in [5.74, 6) is 3.50. The molecule has 1 rings (SSSR count). The van der Waals surface area contributed by atoms with Gasteiger partial charge in [0.05, 0.1) is 18.4 Å². The van der Waals surface area contributed by atoms with Crippen molar-refractivity contribution in [2.45, 2.75) is 38.5 Å². The fourth-order valence-electron chi connectivity index (χ4n) is 1.37. The van der Waals surface area contributed by atoms with Crippen LogP contribution in [0.4, 0.5) is 0 Å². The minimum Gasteiger partial charge on any atom is -0.247 e. The molecule has 0 bridgehead atoms. The van der Waals surface area contributed by atoms with Crippen LogP contribution in [0.3, 0.4) is 0 Å². The second-order valence-electron chi connectivity index (χ2n) is 3.41. The maximum Gasteiger partial charge on any atom is 0.264 e. The van der Waals surface area contributed by atoms with E-state index in [-0.39, 0.29) is 0 Å². The van der Waals surface area contributed by atoms with Gasteiger partial charge in [-0.05, 0) is 18.6 Å². The highest BCUT2D eigenvalue weighted by atomic mass is 32.2. The van der Waals surface area contributed by atoms with Gasteiger partial charge in [0.25, 0.3) is 5.82 Å². The summed E-state index contributed by atoms with van der Waals surface area (Å²) in [6.45, 7) is 3.14. The van der Waals surface area contributed by atoms with Crippen molar-refractivity contribution in [3.8, 4) is 6.07 Å². The molecule has 0 atom stereocenters. The maximum atomic E-state index is 8.47. The molecule has 0 aromatic carbocycles. The zero-order chi connectivity index (χ0) is 10.9. The Hall–Kier alpha value is -0.950. The average molecular weight is 224 g/mol. The molecule has 0 unspecified atom stereocenters. The molecule has 3 nitrogen and oxygen atoms in total. The first-order valence-corrected chi connectivity index (χ1v) is 6.54. The van der Waals surface area contributed by atoms with Crippen molar-refractivity contribution < 1.29 is 4.57 Å². The first-order chi connectivity index (χ1) is 7.38. The molecule has 0 saturated heterocycles. The van der Waals surface area contributed by atoms with E-state index in [9.17, 15) is 0 Å². The molecule has 0 aliphatic rings. The van der Waals surface area contributed by atoms with Crippen LogP contribution in [0.5, 0.6) is 0 Å². The molecule has 0 aliphatic heterocycles. The Balaban J connectivity index is 2.36. The van der Waals surface area contributed by atoms with Crippen molar-refractivity contribution in [3.05, 3.63) is 18.2 Å². The lowest BCUT2D eigenvalue weighted by Crippen LogP contribution is -2.35. The monoisotopic (exact) mass is 224 g/mol. The molecule has 0 amide bonds. The number of aromatic amines is 1. The van der Waals surface area contributed by atoms with Crippen LogP contribution in [-0.4, -0.2) is 10.7 Å². The van der Waals surface area contributed by atoms with Gasteiger partial charge >= 0.3 is 0 Å². The highest BCUT2D eigenvalue weighted by Crippen LogP contribution is 2.08. The van der Waals surface area contributed by atoms with Gasteiger partial charge in [-0.15, -0.1) is 11.8 Å². The first-order valence-electron chi connectivity index (χ1n) is 5.39. The van der Waals surface area contributed by atoms with Gasteiger partial charge in [0.15, 0.2) is 0 Å². The third kappa shape index (κ3) is 4.39. The molecule has 82 valence electrons. The molecular formula is C11H18N3S+. The Kier molecular flexibility index (Phi) is 5.94. The molecule has 0 fully saturated rings. The summed E-state index contributed by atoms with van der Waals surface area (Å²) in [7, 11) is 0. The standard InChI is InChI=1S/C11H17N3S/c1-2-9-15-10-11-13-6-8-14(11)7-4-3-5-12/h6,8H,2-4,7,9-10H2,1H3/p+1. The van der Waals surface area contributed by atoms with Crippen LogP contribution < -0.4 is 4.57 Å². The highest BCUT2D eigenvalue weighted by Gasteiger charge is 2.09. The molecule has 1 aromatic heterocycles. The van der Waals surface area contributed by atoms with Gasteiger partial charge in [0, 0.05) is 6.42 Å². The quantitative estimate of drug-likeness (QED) is 0.570.